The monoisotopic (exact) mass is 253 g/mol. The molecule has 3 fully saturated rings. The normalized spacial score (nSPS) is 36.3. The minimum absolute atomic E-state index is 0.162. The fourth-order valence-corrected chi connectivity index (χ4v) is 3.76. The van der Waals surface area contributed by atoms with Crippen LogP contribution < -0.4 is 0 Å². The van der Waals surface area contributed by atoms with Gasteiger partial charge < -0.3 is 14.4 Å². The van der Waals surface area contributed by atoms with Crippen LogP contribution in [0.5, 0.6) is 0 Å². The molecule has 0 bridgehead atoms. The molecule has 4 heteroatoms. The van der Waals surface area contributed by atoms with Crippen LogP contribution in [0, 0.1) is 11.3 Å². The minimum atomic E-state index is -0.520. The third kappa shape index (κ3) is 1.55. The van der Waals surface area contributed by atoms with Crippen LogP contribution in [0.15, 0.2) is 0 Å². The molecule has 1 aliphatic carbocycles. The molecule has 18 heavy (non-hydrogen) atoms. The molecular weight excluding hydrogens is 230 g/mol. The van der Waals surface area contributed by atoms with Crippen molar-refractivity contribution in [2.75, 3.05) is 26.9 Å². The molecule has 0 aromatic rings. The Bertz CT molecular complexity index is 357. The molecule has 0 aromatic carbocycles. The van der Waals surface area contributed by atoms with Gasteiger partial charge in [0.15, 0.2) is 0 Å². The van der Waals surface area contributed by atoms with Crippen LogP contribution in [0.2, 0.25) is 0 Å². The molecule has 3 aliphatic rings. The second kappa shape index (κ2) is 3.94. The van der Waals surface area contributed by atoms with E-state index in [1.165, 1.54) is 0 Å². The van der Waals surface area contributed by atoms with Crippen LogP contribution in [0.3, 0.4) is 0 Å². The molecule has 1 saturated carbocycles. The standard InChI is InChI=1S/C14H23NO3/c1-13(2)9-15(11-8-18-7-10(11)13)12(16)14(17-3)5-4-6-14/h10-11H,4-9H2,1-3H3/t10-,11+/m1/s1. The van der Waals surface area contributed by atoms with Gasteiger partial charge in [-0.3, -0.25) is 4.79 Å². The number of rotatable bonds is 2. The predicted molar refractivity (Wildman–Crippen MR) is 67.2 cm³/mol. The third-order valence-corrected chi connectivity index (χ3v) is 5.24. The average Bonchev–Trinajstić information content (AvgIpc) is 2.81. The van der Waals surface area contributed by atoms with E-state index in [1.807, 2.05) is 4.90 Å². The lowest BCUT2D eigenvalue weighted by atomic mass is 9.78. The highest BCUT2D eigenvalue weighted by atomic mass is 16.5. The van der Waals surface area contributed by atoms with E-state index < -0.39 is 5.60 Å². The van der Waals surface area contributed by atoms with Gasteiger partial charge in [0.2, 0.25) is 0 Å². The first-order chi connectivity index (χ1) is 8.50. The lowest BCUT2D eigenvalue weighted by Gasteiger charge is -2.42. The predicted octanol–water partition coefficient (Wildman–Crippen LogP) is 1.44. The minimum Gasteiger partial charge on any atom is -0.379 e. The van der Waals surface area contributed by atoms with E-state index in [4.69, 9.17) is 9.47 Å². The van der Waals surface area contributed by atoms with Crippen molar-refractivity contribution in [3.05, 3.63) is 0 Å². The summed E-state index contributed by atoms with van der Waals surface area (Å²) in [5.74, 6) is 0.678. The topological polar surface area (TPSA) is 38.8 Å². The Morgan fingerprint density at radius 2 is 2.06 bits per heavy atom. The number of likely N-dealkylation sites (tertiary alicyclic amines) is 1. The maximum Gasteiger partial charge on any atom is 0.255 e. The van der Waals surface area contributed by atoms with Gasteiger partial charge in [0.1, 0.15) is 5.60 Å². The molecule has 2 heterocycles. The van der Waals surface area contributed by atoms with Gasteiger partial charge in [-0.05, 0) is 24.7 Å². The van der Waals surface area contributed by atoms with Crippen molar-refractivity contribution in [3.63, 3.8) is 0 Å². The zero-order chi connectivity index (χ0) is 13.0. The van der Waals surface area contributed by atoms with E-state index in [-0.39, 0.29) is 17.4 Å². The van der Waals surface area contributed by atoms with Crippen LogP contribution in [0.1, 0.15) is 33.1 Å². The molecule has 0 radical (unpaired) electrons. The summed E-state index contributed by atoms with van der Waals surface area (Å²) in [5.41, 5.74) is -0.358. The van der Waals surface area contributed by atoms with Crippen molar-refractivity contribution >= 4 is 5.91 Å². The second-order valence-electron chi connectivity index (χ2n) is 6.68. The summed E-state index contributed by atoms with van der Waals surface area (Å²) in [5, 5.41) is 0. The van der Waals surface area contributed by atoms with Crippen LogP contribution >= 0.6 is 0 Å². The molecule has 2 aliphatic heterocycles. The summed E-state index contributed by atoms with van der Waals surface area (Å²) < 4.78 is 11.1. The Kier molecular flexibility index (Phi) is 2.72. The van der Waals surface area contributed by atoms with Gasteiger partial charge >= 0.3 is 0 Å². The molecule has 0 unspecified atom stereocenters. The van der Waals surface area contributed by atoms with Crippen molar-refractivity contribution in [1.82, 2.24) is 4.90 Å². The van der Waals surface area contributed by atoms with Crippen molar-refractivity contribution < 1.29 is 14.3 Å². The average molecular weight is 253 g/mol. The van der Waals surface area contributed by atoms with Gasteiger partial charge in [-0.2, -0.15) is 0 Å². The van der Waals surface area contributed by atoms with Crippen LogP contribution in [-0.2, 0) is 14.3 Å². The van der Waals surface area contributed by atoms with E-state index in [2.05, 4.69) is 13.8 Å². The fraction of sp³-hybridized carbons (Fsp3) is 0.929. The molecular formula is C14H23NO3. The summed E-state index contributed by atoms with van der Waals surface area (Å²) >= 11 is 0. The largest absolute Gasteiger partial charge is 0.379 e. The number of nitrogens with zero attached hydrogens (tertiary/aromatic N) is 1. The Morgan fingerprint density at radius 1 is 1.33 bits per heavy atom. The van der Waals surface area contributed by atoms with E-state index in [1.54, 1.807) is 7.11 Å². The Balaban J connectivity index is 1.82. The summed E-state index contributed by atoms with van der Waals surface area (Å²) in [7, 11) is 1.67. The number of methoxy groups -OCH3 is 1. The lowest BCUT2D eigenvalue weighted by Crippen LogP contribution is -2.56. The van der Waals surface area contributed by atoms with E-state index in [0.717, 1.165) is 32.4 Å². The molecule has 2 atom stereocenters. The van der Waals surface area contributed by atoms with Gasteiger partial charge in [0.05, 0.1) is 19.3 Å². The Morgan fingerprint density at radius 3 is 2.61 bits per heavy atom. The van der Waals surface area contributed by atoms with E-state index in [9.17, 15) is 4.79 Å². The molecule has 2 saturated heterocycles. The Hall–Kier alpha value is -0.610. The van der Waals surface area contributed by atoms with Crippen molar-refractivity contribution in [2.24, 2.45) is 11.3 Å². The first-order valence-corrected chi connectivity index (χ1v) is 6.94. The first kappa shape index (κ1) is 12.4. The summed E-state index contributed by atoms with van der Waals surface area (Å²) in [6.45, 7) is 6.82. The molecule has 3 rings (SSSR count). The number of carbonyl (C=O) groups excluding carboxylic acids is 1. The number of amides is 1. The highest BCUT2D eigenvalue weighted by molar-refractivity contribution is 5.87. The summed E-state index contributed by atoms with van der Waals surface area (Å²) in [6.07, 6.45) is 2.84. The number of fused-ring (bicyclic) bond motifs is 1. The quantitative estimate of drug-likeness (QED) is 0.747. The van der Waals surface area contributed by atoms with Crippen molar-refractivity contribution in [2.45, 2.75) is 44.8 Å². The van der Waals surface area contributed by atoms with Gasteiger partial charge in [-0.15, -0.1) is 0 Å². The van der Waals surface area contributed by atoms with Gasteiger partial charge in [0, 0.05) is 19.6 Å². The van der Waals surface area contributed by atoms with Crippen LogP contribution in [0.4, 0.5) is 0 Å². The summed E-state index contributed by atoms with van der Waals surface area (Å²) in [4.78, 5) is 14.8. The van der Waals surface area contributed by atoms with Crippen molar-refractivity contribution in [1.29, 1.82) is 0 Å². The molecule has 1 amide bonds. The van der Waals surface area contributed by atoms with Gasteiger partial charge in [0.25, 0.3) is 5.91 Å². The lowest BCUT2D eigenvalue weighted by molar-refractivity contribution is -0.167. The third-order valence-electron chi connectivity index (χ3n) is 5.24. The van der Waals surface area contributed by atoms with E-state index in [0.29, 0.717) is 12.5 Å². The second-order valence-corrected chi connectivity index (χ2v) is 6.68. The number of hydrogen-bond donors (Lipinski definition) is 0. The zero-order valence-corrected chi connectivity index (χ0v) is 11.6. The first-order valence-electron chi connectivity index (χ1n) is 6.94. The Labute approximate surface area is 109 Å². The van der Waals surface area contributed by atoms with Crippen molar-refractivity contribution in [3.8, 4) is 0 Å². The van der Waals surface area contributed by atoms with Crippen LogP contribution in [-0.4, -0.2) is 49.3 Å². The highest BCUT2D eigenvalue weighted by Crippen LogP contribution is 2.46. The number of hydrogen-bond acceptors (Lipinski definition) is 3. The fourth-order valence-electron chi connectivity index (χ4n) is 3.76. The van der Waals surface area contributed by atoms with Crippen LogP contribution in [0.25, 0.3) is 0 Å². The smallest absolute Gasteiger partial charge is 0.255 e. The molecule has 0 spiro atoms. The summed E-state index contributed by atoms with van der Waals surface area (Å²) in [6, 6.07) is 0.264. The van der Waals surface area contributed by atoms with Gasteiger partial charge in [-0.1, -0.05) is 13.8 Å². The SMILES string of the molecule is COC1(C(=O)N2CC(C)(C)[C@@H]3COC[C@@H]32)CCC1. The molecule has 4 nitrogen and oxygen atoms in total. The van der Waals surface area contributed by atoms with Gasteiger partial charge in [-0.25, -0.2) is 0 Å². The maximum absolute atomic E-state index is 12.8. The zero-order valence-electron chi connectivity index (χ0n) is 11.6. The molecule has 0 aromatic heterocycles. The van der Waals surface area contributed by atoms with E-state index >= 15 is 0 Å². The highest BCUT2D eigenvalue weighted by Gasteiger charge is 2.56. The maximum atomic E-state index is 12.8. The number of ether oxygens (including phenoxy) is 2. The molecule has 102 valence electrons. The number of carbonyl (C=O) groups is 1. The molecule has 0 N–H and O–H groups in total.